The number of aromatic nitrogens is 2. The Hall–Kier alpha value is -2.87. The predicted octanol–water partition coefficient (Wildman–Crippen LogP) is 2.32. The second-order valence-electron chi connectivity index (χ2n) is 5.26. The SMILES string of the molecule is CN(CCOc1ccc(C=C2SC(=O)NC2=O)cc1)c1ccncn1. The molecule has 1 aliphatic rings. The minimum Gasteiger partial charge on any atom is -0.492 e. The molecule has 1 aromatic carbocycles. The number of nitrogens with zero attached hydrogens (tertiary/aromatic N) is 3. The van der Waals surface area contributed by atoms with Crippen molar-refractivity contribution in [3.8, 4) is 5.75 Å². The van der Waals surface area contributed by atoms with E-state index in [9.17, 15) is 9.59 Å². The van der Waals surface area contributed by atoms with E-state index in [4.69, 9.17) is 4.74 Å². The maximum Gasteiger partial charge on any atom is 0.290 e. The number of amides is 2. The first-order valence-electron chi connectivity index (χ1n) is 7.57. The summed E-state index contributed by atoms with van der Waals surface area (Å²) in [5, 5.41) is 1.89. The molecule has 0 radical (unpaired) electrons. The summed E-state index contributed by atoms with van der Waals surface area (Å²) >= 11 is 0.902. The summed E-state index contributed by atoms with van der Waals surface area (Å²) in [4.78, 5) is 33.1. The number of hydrogen-bond acceptors (Lipinski definition) is 7. The summed E-state index contributed by atoms with van der Waals surface area (Å²) in [5.41, 5.74) is 0.831. The minimum atomic E-state index is -0.358. The molecular weight excluding hydrogens is 340 g/mol. The molecule has 2 aromatic rings. The number of ether oxygens (including phenoxy) is 1. The molecule has 25 heavy (non-hydrogen) atoms. The molecule has 0 bridgehead atoms. The third kappa shape index (κ3) is 4.57. The topological polar surface area (TPSA) is 84.4 Å². The number of benzene rings is 1. The van der Waals surface area contributed by atoms with Gasteiger partial charge < -0.3 is 9.64 Å². The van der Waals surface area contributed by atoms with Crippen LogP contribution >= 0.6 is 11.8 Å². The van der Waals surface area contributed by atoms with Crippen LogP contribution in [0.25, 0.3) is 6.08 Å². The van der Waals surface area contributed by atoms with Crippen LogP contribution < -0.4 is 15.0 Å². The normalized spacial score (nSPS) is 15.3. The van der Waals surface area contributed by atoms with Crippen molar-refractivity contribution in [2.24, 2.45) is 0 Å². The van der Waals surface area contributed by atoms with Gasteiger partial charge in [-0.25, -0.2) is 9.97 Å². The fraction of sp³-hybridized carbons (Fsp3) is 0.176. The summed E-state index contributed by atoms with van der Waals surface area (Å²) < 4.78 is 5.72. The highest BCUT2D eigenvalue weighted by molar-refractivity contribution is 8.18. The van der Waals surface area contributed by atoms with Crippen molar-refractivity contribution < 1.29 is 14.3 Å². The molecule has 1 fully saturated rings. The first kappa shape index (κ1) is 17.0. The number of thioether (sulfide) groups is 1. The average molecular weight is 356 g/mol. The first-order valence-corrected chi connectivity index (χ1v) is 8.38. The molecule has 2 amide bonds. The molecular formula is C17H16N4O3S. The van der Waals surface area contributed by atoms with E-state index in [1.807, 2.05) is 42.3 Å². The van der Waals surface area contributed by atoms with Crippen molar-refractivity contribution in [1.29, 1.82) is 0 Å². The molecule has 0 unspecified atom stereocenters. The Labute approximate surface area is 149 Å². The molecule has 128 valence electrons. The van der Waals surface area contributed by atoms with E-state index in [0.717, 1.165) is 28.9 Å². The average Bonchev–Trinajstić information content (AvgIpc) is 2.94. The smallest absolute Gasteiger partial charge is 0.290 e. The fourth-order valence-electron chi connectivity index (χ4n) is 2.16. The third-order valence-electron chi connectivity index (χ3n) is 3.47. The van der Waals surface area contributed by atoms with E-state index in [1.165, 1.54) is 6.33 Å². The van der Waals surface area contributed by atoms with E-state index in [0.29, 0.717) is 18.1 Å². The van der Waals surface area contributed by atoms with Gasteiger partial charge in [-0.2, -0.15) is 0 Å². The zero-order valence-corrected chi connectivity index (χ0v) is 14.3. The van der Waals surface area contributed by atoms with Crippen LogP contribution in [0, 0.1) is 0 Å². The van der Waals surface area contributed by atoms with E-state index >= 15 is 0 Å². The van der Waals surface area contributed by atoms with Gasteiger partial charge in [0.1, 0.15) is 24.5 Å². The van der Waals surface area contributed by atoms with Crippen molar-refractivity contribution >= 4 is 34.8 Å². The van der Waals surface area contributed by atoms with Gasteiger partial charge in [0.25, 0.3) is 11.1 Å². The highest BCUT2D eigenvalue weighted by atomic mass is 32.2. The van der Waals surface area contributed by atoms with Gasteiger partial charge in [0.05, 0.1) is 11.4 Å². The van der Waals surface area contributed by atoms with Crippen LogP contribution in [0.1, 0.15) is 5.56 Å². The van der Waals surface area contributed by atoms with E-state index < -0.39 is 0 Å². The fourth-order valence-corrected chi connectivity index (χ4v) is 2.84. The molecule has 1 N–H and O–H groups in total. The summed E-state index contributed by atoms with van der Waals surface area (Å²) in [6.07, 6.45) is 4.89. The van der Waals surface area contributed by atoms with Gasteiger partial charge in [-0.05, 0) is 41.6 Å². The maximum atomic E-state index is 11.5. The van der Waals surface area contributed by atoms with Crippen LogP contribution in [0.5, 0.6) is 5.75 Å². The molecule has 1 saturated heterocycles. The van der Waals surface area contributed by atoms with E-state index in [1.54, 1.807) is 12.3 Å². The van der Waals surface area contributed by atoms with Crippen LogP contribution in [0.15, 0.2) is 47.8 Å². The van der Waals surface area contributed by atoms with Crippen molar-refractivity contribution in [1.82, 2.24) is 15.3 Å². The van der Waals surface area contributed by atoms with Gasteiger partial charge >= 0.3 is 0 Å². The second-order valence-corrected chi connectivity index (χ2v) is 6.27. The third-order valence-corrected chi connectivity index (χ3v) is 4.28. The Morgan fingerprint density at radius 1 is 1.24 bits per heavy atom. The summed E-state index contributed by atoms with van der Waals surface area (Å²) in [5.74, 6) is 1.21. The largest absolute Gasteiger partial charge is 0.492 e. The number of nitrogens with one attached hydrogen (secondary N) is 1. The Bertz CT molecular complexity index is 793. The van der Waals surface area contributed by atoms with Crippen LogP contribution in [0.3, 0.4) is 0 Å². The highest BCUT2D eigenvalue weighted by Gasteiger charge is 2.24. The standard InChI is InChI=1S/C17H16N4O3S/c1-21(15-6-7-18-11-19-15)8-9-24-13-4-2-12(3-5-13)10-14-16(22)20-17(23)25-14/h2-7,10-11H,8-9H2,1H3,(H,20,22,23). The number of rotatable bonds is 6. The molecule has 0 saturated carbocycles. The van der Waals surface area contributed by atoms with Crippen molar-refractivity contribution in [3.05, 3.63) is 53.3 Å². The molecule has 3 rings (SSSR count). The number of hydrogen-bond donors (Lipinski definition) is 1. The van der Waals surface area contributed by atoms with Gasteiger partial charge in [0.15, 0.2) is 0 Å². The Balaban J connectivity index is 1.52. The second kappa shape index (κ2) is 7.80. The first-order chi connectivity index (χ1) is 12.1. The molecule has 0 atom stereocenters. The number of imide groups is 1. The minimum absolute atomic E-state index is 0.344. The Morgan fingerprint density at radius 3 is 2.68 bits per heavy atom. The lowest BCUT2D eigenvalue weighted by Gasteiger charge is -2.17. The van der Waals surface area contributed by atoms with E-state index in [-0.39, 0.29) is 11.1 Å². The van der Waals surface area contributed by atoms with Crippen LogP contribution in [-0.2, 0) is 4.79 Å². The lowest BCUT2D eigenvalue weighted by molar-refractivity contribution is -0.115. The van der Waals surface area contributed by atoms with Crippen molar-refractivity contribution in [2.75, 3.05) is 25.1 Å². The highest BCUT2D eigenvalue weighted by Crippen LogP contribution is 2.26. The number of anilines is 1. The molecule has 1 aromatic heterocycles. The van der Waals surface area contributed by atoms with Gasteiger partial charge in [-0.15, -0.1) is 0 Å². The van der Waals surface area contributed by atoms with Gasteiger partial charge in [0.2, 0.25) is 0 Å². The summed E-state index contributed by atoms with van der Waals surface area (Å²) in [6.45, 7) is 1.19. The monoisotopic (exact) mass is 356 g/mol. The zero-order chi connectivity index (χ0) is 17.6. The lowest BCUT2D eigenvalue weighted by atomic mass is 10.2. The van der Waals surface area contributed by atoms with Crippen molar-refractivity contribution in [2.45, 2.75) is 0 Å². The quantitative estimate of drug-likeness (QED) is 0.795. The molecule has 0 aliphatic carbocycles. The molecule has 8 heteroatoms. The molecule has 0 spiro atoms. The van der Waals surface area contributed by atoms with E-state index in [2.05, 4.69) is 15.3 Å². The van der Waals surface area contributed by atoms with Crippen molar-refractivity contribution in [3.63, 3.8) is 0 Å². The van der Waals surface area contributed by atoms with Gasteiger partial charge in [-0.1, -0.05) is 12.1 Å². The van der Waals surface area contributed by atoms with Crippen LogP contribution in [-0.4, -0.2) is 41.3 Å². The number of carbonyl (C=O) groups excluding carboxylic acids is 2. The lowest BCUT2D eigenvalue weighted by Crippen LogP contribution is -2.24. The maximum absolute atomic E-state index is 11.5. The Kier molecular flexibility index (Phi) is 5.30. The zero-order valence-electron chi connectivity index (χ0n) is 13.5. The Morgan fingerprint density at radius 2 is 2.04 bits per heavy atom. The van der Waals surface area contributed by atoms with Crippen LogP contribution in [0.2, 0.25) is 0 Å². The number of likely N-dealkylation sites (N-methyl/N-ethyl adjacent to an activating group) is 1. The van der Waals surface area contributed by atoms with Gasteiger partial charge in [0, 0.05) is 13.2 Å². The molecule has 2 heterocycles. The summed E-state index contributed by atoms with van der Waals surface area (Å²) in [6, 6.07) is 9.18. The predicted molar refractivity (Wildman–Crippen MR) is 96.3 cm³/mol. The number of carbonyl (C=O) groups is 2. The van der Waals surface area contributed by atoms with Crippen LogP contribution in [0.4, 0.5) is 10.6 Å². The molecule has 7 nitrogen and oxygen atoms in total. The summed E-state index contributed by atoms with van der Waals surface area (Å²) in [7, 11) is 1.94. The molecule has 1 aliphatic heterocycles. The van der Waals surface area contributed by atoms with Gasteiger partial charge in [-0.3, -0.25) is 14.9 Å².